The minimum Gasteiger partial charge on any atom is -0.307 e. The minimum atomic E-state index is 0.220. The van der Waals surface area contributed by atoms with E-state index in [0.717, 1.165) is 24.0 Å². The highest BCUT2D eigenvalue weighted by Crippen LogP contribution is 2.24. The van der Waals surface area contributed by atoms with E-state index in [0.29, 0.717) is 0 Å². The fraction of sp³-hybridized carbons (Fsp3) is 0.769. The van der Waals surface area contributed by atoms with Gasteiger partial charge in [0.15, 0.2) is 5.50 Å². The molecule has 0 aliphatic carbocycles. The zero-order valence-electron chi connectivity index (χ0n) is 19.1. The van der Waals surface area contributed by atoms with Gasteiger partial charge in [-0.3, -0.25) is 0 Å². The van der Waals surface area contributed by atoms with Gasteiger partial charge < -0.3 is 4.48 Å². The molecule has 0 bridgehead atoms. The van der Waals surface area contributed by atoms with Gasteiger partial charge in [-0.1, -0.05) is 126 Å². The fourth-order valence-electron chi connectivity index (χ4n) is 4.05. The largest absolute Gasteiger partial charge is 0.307 e. The van der Waals surface area contributed by atoms with Gasteiger partial charge in [-0.2, -0.15) is 0 Å². The molecule has 0 aliphatic rings. The van der Waals surface area contributed by atoms with Crippen LogP contribution in [-0.2, 0) is 6.54 Å². The maximum absolute atomic E-state index is 6.85. The summed E-state index contributed by atoms with van der Waals surface area (Å²) < 4.78 is 0.934. The summed E-state index contributed by atoms with van der Waals surface area (Å²) >= 11 is 6.85. The molecule has 0 amide bonds. The highest BCUT2D eigenvalue weighted by atomic mass is 35.5. The molecule has 1 aromatic rings. The first-order valence-electron chi connectivity index (χ1n) is 12.1. The first kappa shape index (κ1) is 25.5. The number of rotatable bonds is 18. The van der Waals surface area contributed by atoms with Crippen LogP contribution in [0.4, 0.5) is 0 Å². The molecular weight excluding hydrogens is 362 g/mol. The van der Waals surface area contributed by atoms with Gasteiger partial charge in [-0.15, -0.1) is 0 Å². The molecule has 1 aromatic carbocycles. The quantitative estimate of drug-likeness (QED) is 0.0985. The second-order valence-corrected chi connectivity index (χ2v) is 9.41. The third-order valence-corrected chi connectivity index (χ3v) is 7.02. The molecule has 1 nitrogen and oxygen atoms in total. The molecule has 2 unspecified atom stereocenters. The van der Waals surface area contributed by atoms with Crippen molar-refractivity contribution in [2.24, 2.45) is 0 Å². The zero-order valence-corrected chi connectivity index (χ0v) is 19.9. The van der Waals surface area contributed by atoms with Crippen molar-refractivity contribution in [3.05, 3.63) is 35.9 Å². The molecule has 162 valence electrons. The predicted octanol–water partition coefficient (Wildman–Crippen LogP) is 8.70. The monoisotopic (exact) mass is 408 g/mol. The molecule has 0 fully saturated rings. The summed E-state index contributed by atoms with van der Waals surface area (Å²) in [7, 11) is 2.31. The lowest BCUT2D eigenvalue weighted by Crippen LogP contribution is -2.48. The number of halogens is 1. The fourth-order valence-corrected chi connectivity index (χ4v) is 4.41. The summed E-state index contributed by atoms with van der Waals surface area (Å²) in [6.07, 6.45) is 19.4. The van der Waals surface area contributed by atoms with Crippen molar-refractivity contribution >= 4 is 11.6 Å². The van der Waals surface area contributed by atoms with Crippen LogP contribution in [0.15, 0.2) is 30.3 Å². The van der Waals surface area contributed by atoms with E-state index in [4.69, 9.17) is 11.6 Å². The Hall–Kier alpha value is -0.530. The number of hydrogen-bond donors (Lipinski definition) is 0. The van der Waals surface area contributed by atoms with Crippen molar-refractivity contribution in [2.75, 3.05) is 13.6 Å². The average molecular weight is 409 g/mol. The van der Waals surface area contributed by atoms with E-state index in [2.05, 4.69) is 51.2 Å². The molecule has 0 aliphatic heterocycles. The van der Waals surface area contributed by atoms with E-state index in [1.807, 2.05) is 0 Å². The Morgan fingerprint density at radius 3 is 1.64 bits per heavy atom. The molecule has 0 aromatic heterocycles. The third kappa shape index (κ3) is 11.5. The molecule has 0 N–H and O–H groups in total. The topological polar surface area (TPSA) is 0 Å². The highest BCUT2D eigenvalue weighted by Gasteiger charge is 2.28. The number of hydrogen-bond acceptors (Lipinski definition) is 0. The lowest BCUT2D eigenvalue weighted by molar-refractivity contribution is -0.932. The Labute approximate surface area is 181 Å². The van der Waals surface area contributed by atoms with Crippen LogP contribution in [0, 0.1) is 0 Å². The Morgan fingerprint density at radius 2 is 1.18 bits per heavy atom. The Morgan fingerprint density at radius 1 is 0.714 bits per heavy atom. The third-order valence-electron chi connectivity index (χ3n) is 6.33. The number of quaternary nitrogens is 1. The first-order valence-corrected chi connectivity index (χ1v) is 12.6. The lowest BCUT2D eigenvalue weighted by atomic mass is 10.0. The molecular formula is C26H47ClN+. The highest BCUT2D eigenvalue weighted by molar-refractivity contribution is 6.19. The van der Waals surface area contributed by atoms with E-state index in [1.54, 1.807) is 0 Å². The van der Waals surface area contributed by atoms with Crippen molar-refractivity contribution < 1.29 is 4.48 Å². The summed E-state index contributed by atoms with van der Waals surface area (Å²) in [4.78, 5) is 0. The Bertz CT molecular complexity index is 461. The number of nitrogens with zero attached hydrogens (tertiary/aromatic N) is 1. The van der Waals surface area contributed by atoms with Gasteiger partial charge in [0.1, 0.15) is 6.54 Å². The van der Waals surface area contributed by atoms with Crippen molar-refractivity contribution in [3.63, 3.8) is 0 Å². The second kappa shape index (κ2) is 16.3. The van der Waals surface area contributed by atoms with Crippen molar-refractivity contribution in [2.45, 2.75) is 116 Å². The van der Waals surface area contributed by atoms with Crippen LogP contribution in [0.1, 0.15) is 109 Å². The summed E-state index contributed by atoms with van der Waals surface area (Å²) in [6, 6.07) is 10.8. The molecule has 28 heavy (non-hydrogen) atoms. The molecule has 0 radical (unpaired) electrons. The van der Waals surface area contributed by atoms with Crippen LogP contribution >= 0.6 is 11.6 Å². The lowest BCUT2D eigenvalue weighted by Gasteiger charge is -2.38. The van der Waals surface area contributed by atoms with Gasteiger partial charge in [0.2, 0.25) is 0 Å². The molecule has 0 saturated heterocycles. The van der Waals surface area contributed by atoms with E-state index in [9.17, 15) is 0 Å². The smallest absolute Gasteiger partial charge is 0.164 e. The van der Waals surface area contributed by atoms with E-state index in [-0.39, 0.29) is 5.50 Å². The van der Waals surface area contributed by atoms with Crippen LogP contribution in [0.5, 0.6) is 0 Å². The van der Waals surface area contributed by atoms with Crippen molar-refractivity contribution in [1.29, 1.82) is 0 Å². The number of benzene rings is 1. The second-order valence-electron chi connectivity index (χ2n) is 8.91. The molecule has 2 atom stereocenters. The van der Waals surface area contributed by atoms with E-state index >= 15 is 0 Å². The van der Waals surface area contributed by atoms with Gasteiger partial charge in [0, 0.05) is 12.0 Å². The molecule has 1 rings (SSSR count). The van der Waals surface area contributed by atoms with Crippen LogP contribution in [0.2, 0.25) is 0 Å². The van der Waals surface area contributed by atoms with Gasteiger partial charge in [0.05, 0.1) is 13.6 Å². The molecule has 0 spiro atoms. The Balaban J connectivity index is 2.04. The standard InChI is InChI=1S/C26H47ClN/c1-4-6-7-8-9-10-11-12-13-14-15-16-20-23-26(27)28(3,5-2)24-25-21-18-17-19-22-25/h17-19,21-22,26H,4-16,20,23-24H2,1-3H3/q+1. The van der Waals surface area contributed by atoms with Gasteiger partial charge >= 0.3 is 0 Å². The Kier molecular flexibility index (Phi) is 14.8. The van der Waals surface area contributed by atoms with Crippen molar-refractivity contribution in [3.8, 4) is 0 Å². The molecule has 2 heteroatoms. The van der Waals surface area contributed by atoms with Crippen LogP contribution < -0.4 is 0 Å². The summed E-state index contributed by atoms with van der Waals surface area (Å²) in [5.41, 5.74) is 1.61. The average Bonchev–Trinajstić information content (AvgIpc) is 2.71. The van der Waals surface area contributed by atoms with Crippen LogP contribution in [0.25, 0.3) is 0 Å². The maximum atomic E-state index is 6.85. The molecule has 0 heterocycles. The maximum Gasteiger partial charge on any atom is 0.164 e. The summed E-state index contributed by atoms with van der Waals surface area (Å²) in [5, 5.41) is 0. The van der Waals surface area contributed by atoms with Gasteiger partial charge in [0.25, 0.3) is 0 Å². The molecule has 0 saturated carbocycles. The van der Waals surface area contributed by atoms with Gasteiger partial charge in [-0.05, 0) is 13.3 Å². The summed E-state index contributed by atoms with van der Waals surface area (Å²) in [5.74, 6) is 0. The normalized spacial score (nSPS) is 14.7. The van der Waals surface area contributed by atoms with Crippen LogP contribution in [-0.4, -0.2) is 23.6 Å². The van der Waals surface area contributed by atoms with E-state index in [1.165, 1.54) is 89.0 Å². The summed E-state index contributed by atoms with van der Waals surface area (Å²) in [6.45, 7) is 6.67. The predicted molar refractivity (Wildman–Crippen MR) is 127 cm³/mol. The number of unbranched alkanes of at least 4 members (excludes halogenated alkanes) is 12. The van der Waals surface area contributed by atoms with Crippen molar-refractivity contribution in [1.82, 2.24) is 0 Å². The van der Waals surface area contributed by atoms with E-state index < -0.39 is 0 Å². The minimum absolute atomic E-state index is 0.220. The first-order chi connectivity index (χ1) is 13.6. The van der Waals surface area contributed by atoms with Gasteiger partial charge in [-0.25, -0.2) is 0 Å². The SMILES string of the molecule is CCCCCCCCCCCCCCCC(Cl)[N+](C)(CC)Cc1ccccc1. The van der Waals surface area contributed by atoms with Crippen LogP contribution in [0.3, 0.4) is 0 Å². The number of alkyl halides is 1. The zero-order chi connectivity index (χ0) is 20.5.